The summed E-state index contributed by atoms with van der Waals surface area (Å²) < 4.78 is 7.24. The minimum atomic E-state index is 1.13. The summed E-state index contributed by atoms with van der Waals surface area (Å²) in [6.45, 7) is 0. The highest BCUT2D eigenvalue weighted by Crippen LogP contribution is 2.44. The van der Waals surface area contributed by atoms with E-state index in [1.807, 2.05) is 0 Å². The molecular formula is C44H29N3. The molecule has 0 saturated carbocycles. The summed E-state index contributed by atoms with van der Waals surface area (Å²) in [5.41, 5.74) is 13.1. The second-order valence-corrected chi connectivity index (χ2v) is 12.2. The fourth-order valence-corrected chi connectivity index (χ4v) is 7.65. The molecule has 0 aliphatic heterocycles. The molecule has 3 nitrogen and oxygen atoms in total. The summed E-state index contributed by atoms with van der Waals surface area (Å²) in [7, 11) is 0. The van der Waals surface area contributed by atoms with Crippen LogP contribution in [0.5, 0.6) is 0 Å². The van der Waals surface area contributed by atoms with Crippen LogP contribution in [0.25, 0.3) is 82.9 Å². The summed E-state index contributed by atoms with van der Waals surface area (Å²) >= 11 is 0. The molecule has 220 valence electrons. The van der Waals surface area contributed by atoms with E-state index in [2.05, 4.69) is 190 Å². The molecule has 3 heteroatoms. The van der Waals surface area contributed by atoms with Gasteiger partial charge in [-0.1, -0.05) is 115 Å². The van der Waals surface area contributed by atoms with Crippen LogP contribution in [0.15, 0.2) is 176 Å². The van der Waals surface area contributed by atoms with Crippen molar-refractivity contribution in [2.24, 2.45) is 0 Å². The fraction of sp³-hybridized carbons (Fsp3) is 0. The van der Waals surface area contributed by atoms with Gasteiger partial charge in [0.1, 0.15) is 0 Å². The van der Waals surface area contributed by atoms with Crippen LogP contribution in [0.2, 0.25) is 0 Å². The Morgan fingerprint density at radius 1 is 0.340 bits per heavy atom. The van der Waals surface area contributed by atoms with Crippen molar-refractivity contribution in [1.29, 1.82) is 0 Å². The molecule has 0 atom stereocenters. The number of fused-ring (bicyclic) bond motifs is 8. The van der Waals surface area contributed by atoms with Crippen LogP contribution in [0.4, 0.5) is 0 Å². The van der Waals surface area contributed by atoms with Gasteiger partial charge < -0.3 is 13.5 Å². The number of nitrogens with zero attached hydrogens (tertiary/aromatic N) is 3. The third-order valence-corrected chi connectivity index (χ3v) is 9.63. The van der Waals surface area contributed by atoms with Crippen LogP contribution >= 0.6 is 0 Å². The van der Waals surface area contributed by atoms with Crippen molar-refractivity contribution in [1.82, 2.24) is 13.5 Å². The van der Waals surface area contributed by atoms with E-state index in [-0.39, 0.29) is 0 Å². The minimum Gasteiger partial charge on any atom is -0.314 e. The molecule has 0 bridgehead atoms. The number of hydrogen-bond acceptors (Lipinski definition) is 0. The molecule has 6 aromatic carbocycles. The molecule has 4 aromatic heterocycles. The Balaban J connectivity index is 1.33. The predicted molar refractivity (Wildman–Crippen MR) is 197 cm³/mol. The Hall–Kier alpha value is -6.32. The molecule has 10 rings (SSSR count). The van der Waals surface area contributed by atoms with Crippen molar-refractivity contribution in [3.8, 4) is 33.8 Å². The number of hydrogen-bond donors (Lipinski definition) is 0. The molecule has 0 amide bonds. The molecular weight excluding hydrogens is 571 g/mol. The quantitative estimate of drug-likeness (QED) is 0.191. The highest BCUT2D eigenvalue weighted by atomic mass is 15.0. The highest BCUT2D eigenvalue weighted by Gasteiger charge is 2.23. The molecule has 4 heterocycles. The summed E-state index contributed by atoms with van der Waals surface area (Å²) in [5, 5.41) is 5.04. The van der Waals surface area contributed by atoms with Gasteiger partial charge in [0.05, 0.1) is 33.3 Å². The average Bonchev–Trinajstić information content (AvgIpc) is 3.78. The maximum Gasteiger partial charge on any atom is 0.0809 e. The zero-order chi connectivity index (χ0) is 30.9. The van der Waals surface area contributed by atoms with Crippen molar-refractivity contribution < 1.29 is 0 Å². The SMILES string of the molecule is c1ccc(-c2ccc3c(c2)c2c(c(-c4ccccc4)n4ccccc24)n3-c2cccc(-n3c4ccccc4c4ccccc43)c2)cc1. The second kappa shape index (κ2) is 10.1. The van der Waals surface area contributed by atoms with Crippen LogP contribution in [-0.2, 0) is 0 Å². The lowest BCUT2D eigenvalue weighted by Crippen LogP contribution is -1.99. The van der Waals surface area contributed by atoms with Crippen LogP contribution in [0.3, 0.4) is 0 Å². The lowest BCUT2D eigenvalue weighted by atomic mass is 10.0. The number of aromatic nitrogens is 3. The maximum absolute atomic E-state index is 2.48. The molecule has 0 aliphatic carbocycles. The molecule has 10 aromatic rings. The average molecular weight is 600 g/mol. The van der Waals surface area contributed by atoms with Gasteiger partial charge in [0, 0.05) is 44.7 Å². The van der Waals surface area contributed by atoms with Gasteiger partial charge in [0.25, 0.3) is 0 Å². The van der Waals surface area contributed by atoms with Crippen LogP contribution in [0.1, 0.15) is 0 Å². The van der Waals surface area contributed by atoms with Crippen LogP contribution in [0, 0.1) is 0 Å². The Morgan fingerprint density at radius 3 is 1.64 bits per heavy atom. The van der Waals surface area contributed by atoms with E-state index >= 15 is 0 Å². The summed E-state index contributed by atoms with van der Waals surface area (Å²) in [5.74, 6) is 0. The first-order valence-corrected chi connectivity index (χ1v) is 16.1. The summed E-state index contributed by atoms with van der Waals surface area (Å²) in [6, 6.07) is 61.4. The predicted octanol–water partition coefficient (Wildman–Crippen LogP) is 11.5. The molecule has 0 radical (unpaired) electrons. The Labute approximate surface area is 271 Å². The largest absolute Gasteiger partial charge is 0.314 e. The molecule has 0 spiro atoms. The van der Waals surface area contributed by atoms with Crippen molar-refractivity contribution in [2.45, 2.75) is 0 Å². The number of para-hydroxylation sites is 2. The van der Waals surface area contributed by atoms with E-state index in [1.165, 1.54) is 71.5 Å². The first-order valence-electron chi connectivity index (χ1n) is 16.1. The molecule has 0 fully saturated rings. The van der Waals surface area contributed by atoms with E-state index in [1.54, 1.807) is 0 Å². The third-order valence-electron chi connectivity index (χ3n) is 9.63. The van der Waals surface area contributed by atoms with Crippen LogP contribution in [-0.4, -0.2) is 13.5 Å². The van der Waals surface area contributed by atoms with E-state index in [0.717, 1.165) is 11.4 Å². The monoisotopic (exact) mass is 599 g/mol. The molecule has 0 N–H and O–H groups in total. The van der Waals surface area contributed by atoms with E-state index in [9.17, 15) is 0 Å². The molecule has 0 saturated heterocycles. The van der Waals surface area contributed by atoms with Gasteiger partial charge in [-0.25, -0.2) is 0 Å². The zero-order valence-corrected chi connectivity index (χ0v) is 25.6. The van der Waals surface area contributed by atoms with Crippen molar-refractivity contribution in [3.05, 3.63) is 176 Å². The zero-order valence-electron chi connectivity index (χ0n) is 25.6. The number of benzene rings is 6. The summed E-state index contributed by atoms with van der Waals surface area (Å²) in [6.07, 6.45) is 2.20. The lowest BCUT2D eigenvalue weighted by Gasteiger charge is -2.14. The van der Waals surface area contributed by atoms with Crippen molar-refractivity contribution in [3.63, 3.8) is 0 Å². The van der Waals surface area contributed by atoms with Gasteiger partial charge in [-0.3, -0.25) is 0 Å². The highest BCUT2D eigenvalue weighted by molar-refractivity contribution is 6.22. The molecule has 0 aliphatic rings. The van der Waals surface area contributed by atoms with Gasteiger partial charge in [0.15, 0.2) is 0 Å². The van der Waals surface area contributed by atoms with Gasteiger partial charge >= 0.3 is 0 Å². The second-order valence-electron chi connectivity index (χ2n) is 12.2. The first kappa shape index (κ1) is 26.0. The Kier molecular flexibility index (Phi) is 5.57. The Morgan fingerprint density at radius 2 is 0.915 bits per heavy atom. The van der Waals surface area contributed by atoms with E-state index in [0.29, 0.717) is 0 Å². The summed E-state index contributed by atoms with van der Waals surface area (Å²) in [4.78, 5) is 0. The number of rotatable bonds is 4. The fourth-order valence-electron chi connectivity index (χ4n) is 7.65. The smallest absolute Gasteiger partial charge is 0.0809 e. The van der Waals surface area contributed by atoms with E-state index in [4.69, 9.17) is 0 Å². The first-order chi connectivity index (χ1) is 23.3. The third kappa shape index (κ3) is 3.81. The topological polar surface area (TPSA) is 14.3 Å². The minimum absolute atomic E-state index is 1.13. The van der Waals surface area contributed by atoms with Crippen molar-refractivity contribution in [2.75, 3.05) is 0 Å². The van der Waals surface area contributed by atoms with Crippen molar-refractivity contribution >= 4 is 49.1 Å². The Bertz CT molecular complexity index is 2720. The normalized spacial score (nSPS) is 11.8. The van der Waals surface area contributed by atoms with Gasteiger partial charge in [-0.15, -0.1) is 0 Å². The maximum atomic E-state index is 2.48. The van der Waals surface area contributed by atoms with Gasteiger partial charge in [-0.05, 0) is 65.7 Å². The standard InChI is InChI=1S/C44H29N3/c1-3-14-30(15-4-1)32-25-26-40-37(28-32)42-41-24-11-12-27-45(41)43(31-16-5-2-6-17-31)44(42)47(40)34-19-13-18-33(29-34)46-38-22-9-7-20-35(38)36-21-8-10-23-39(36)46/h1-29H. The van der Waals surface area contributed by atoms with Gasteiger partial charge in [-0.2, -0.15) is 0 Å². The molecule has 0 unspecified atom stereocenters. The molecule has 47 heavy (non-hydrogen) atoms. The number of pyridine rings is 1. The van der Waals surface area contributed by atoms with E-state index < -0.39 is 0 Å². The lowest BCUT2D eigenvalue weighted by molar-refractivity contribution is 1.13. The van der Waals surface area contributed by atoms with Gasteiger partial charge in [0.2, 0.25) is 0 Å². The van der Waals surface area contributed by atoms with Crippen LogP contribution < -0.4 is 0 Å².